The minimum absolute atomic E-state index is 0.0856. The van der Waals surface area contributed by atoms with Gasteiger partial charge >= 0.3 is 0 Å². The first kappa shape index (κ1) is 20.1. The van der Waals surface area contributed by atoms with Crippen LogP contribution in [-0.4, -0.2) is 15.8 Å². The number of allylic oxidation sites excluding steroid dienone is 1. The van der Waals surface area contributed by atoms with Gasteiger partial charge in [0.1, 0.15) is 0 Å². The summed E-state index contributed by atoms with van der Waals surface area (Å²) >= 11 is 1.53. The van der Waals surface area contributed by atoms with E-state index < -0.39 is 23.3 Å². The lowest BCUT2D eigenvalue weighted by Crippen LogP contribution is -2.34. The van der Waals surface area contributed by atoms with Gasteiger partial charge in [-0.1, -0.05) is 6.58 Å². The highest BCUT2D eigenvalue weighted by molar-refractivity contribution is 7.18. The molecule has 30 heavy (non-hydrogen) atoms. The Labute approximate surface area is 173 Å². The van der Waals surface area contributed by atoms with Crippen molar-refractivity contribution in [2.75, 3.05) is 5.32 Å². The third-order valence-electron chi connectivity index (χ3n) is 4.54. The normalized spacial score (nSPS) is 14.2. The van der Waals surface area contributed by atoms with E-state index in [1.807, 2.05) is 26.0 Å². The Kier molecular flexibility index (Phi) is 5.07. The van der Waals surface area contributed by atoms with Crippen LogP contribution >= 0.6 is 11.3 Å². The topological polar surface area (TPSA) is 40.5 Å². The first-order valence-electron chi connectivity index (χ1n) is 8.91. The molecule has 2 heterocycles. The number of aryl methyl sites for hydroxylation is 2. The number of halogens is 4. The molecule has 2 aromatic carbocycles. The maximum Gasteiger partial charge on any atom is 0.208 e. The molecule has 0 bridgehead atoms. The summed E-state index contributed by atoms with van der Waals surface area (Å²) in [5.74, 6) is -4.65. The largest absolute Gasteiger partial charge is 0.325 e. The lowest BCUT2D eigenvalue weighted by molar-refractivity contribution is 0.439. The molecule has 0 fully saturated rings. The Balaban J connectivity index is 1.67. The van der Waals surface area contributed by atoms with E-state index in [2.05, 4.69) is 21.9 Å². The highest BCUT2D eigenvalue weighted by Gasteiger charge is 2.21. The number of hydrogen-bond acceptors (Lipinski definition) is 5. The van der Waals surface area contributed by atoms with E-state index in [4.69, 9.17) is 0 Å². The van der Waals surface area contributed by atoms with Crippen LogP contribution in [0.25, 0.3) is 10.2 Å². The number of nitrogens with zero attached hydrogens (tertiary/aromatic N) is 3. The number of guanidine groups is 1. The number of nitrogens with one attached hydrogen (secondary N) is 1. The summed E-state index contributed by atoms with van der Waals surface area (Å²) in [5.41, 5.74) is 2.50. The number of aromatic nitrogens is 1. The Morgan fingerprint density at radius 2 is 1.77 bits per heavy atom. The smallest absolute Gasteiger partial charge is 0.208 e. The Morgan fingerprint density at radius 1 is 1.07 bits per heavy atom. The first-order chi connectivity index (χ1) is 14.2. The van der Waals surface area contributed by atoms with Crippen molar-refractivity contribution >= 4 is 33.2 Å². The predicted octanol–water partition coefficient (Wildman–Crippen LogP) is 5.94. The summed E-state index contributed by atoms with van der Waals surface area (Å²) < 4.78 is 55.5. The molecular weight excluding hydrogens is 416 g/mol. The van der Waals surface area contributed by atoms with Crippen molar-refractivity contribution in [2.45, 2.75) is 20.4 Å². The second kappa shape index (κ2) is 7.56. The molecule has 0 unspecified atom stereocenters. The maximum atomic E-state index is 14.1. The van der Waals surface area contributed by atoms with Crippen LogP contribution in [0.4, 0.5) is 23.2 Å². The molecule has 0 amide bonds. The van der Waals surface area contributed by atoms with E-state index in [0.717, 1.165) is 44.8 Å². The standard InChI is InChI=1S/C21H16F4N4S/c1-10-4-18-19(30-12(3)27-18)7-17(10)28-21-26-11(2)16(24)9-29(21)8-13-5-14(22)20(25)15(23)6-13/h4-7,9H,2,8H2,1,3H3,(H,26,28). The zero-order chi connectivity index (χ0) is 21.6. The highest BCUT2D eigenvalue weighted by atomic mass is 32.1. The quantitative estimate of drug-likeness (QED) is 0.411. The highest BCUT2D eigenvalue weighted by Crippen LogP contribution is 2.29. The lowest BCUT2D eigenvalue weighted by Gasteiger charge is -2.27. The van der Waals surface area contributed by atoms with Crippen molar-refractivity contribution in [3.05, 3.63) is 82.2 Å². The number of fused-ring (bicyclic) bond motifs is 1. The third kappa shape index (κ3) is 3.80. The van der Waals surface area contributed by atoms with Crippen LogP contribution in [0.3, 0.4) is 0 Å². The zero-order valence-corrected chi connectivity index (χ0v) is 16.9. The van der Waals surface area contributed by atoms with Gasteiger partial charge in [0.25, 0.3) is 0 Å². The molecule has 0 spiro atoms. The van der Waals surface area contributed by atoms with E-state index >= 15 is 0 Å². The monoisotopic (exact) mass is 432 g/mol. The molecule has 154 valence electrons. The summed E-state index contributed by atoms with van der Waals surface area (Å²) in [5, 5.41) is 4.06. The molecule has 0 saturated heterocycles. The molecule has 3 aromatic rings. The fourth-order valence-corrected chi connectivity index (χ4v) is 3.93. The van der Waals surface area contributed by atoms with Gasteiger partial charge < -0.3 is 10.2 Å². The van der Waals surface area contributed by atoms with Crippen LogP contribution in [0.1, 0.15) is 16.1 Å². The van der Waals surface area contributed by atoms with E-state index in [-0.39, 0.29) is 23.8 Å². The molecule has 1 aliphatic heterocycles. The van der Waals surface area contributed by atoms with Gasteiger partial charge in [0.15, 0.2) is 23.3 Å². The van der Waals surface area contributed by atoms with Crippen molar-refractivity contribution < 1.29 is 17.6 Å². The summed E-state index contributed by atoms with van der Waals surface area (Å²) in [6.07, 6.45) is 1.13. The van der Waals surface area contributed by atoms with Gasteiger partial charge in [0.2, 0.25) is 5.96 Å². The van der Waals surface area contributed by atoms with Crippen molar-refractivity contribution in [1.82, 2.24) is 9.88 Å². The molecule has 0 radical (unpaired) electrons. The van der Waals surface area contributed by atoms with Gasteiger partial charge in [-0.2, -0.15) is 0 Å². The average Bonchev–Trinajstić information content (AvgIpc) is 3.02. The van der Waals surface area contributed by atoms with Crippen molar-refractivity contribution in [3.63, 3.8) is 0 Å². The average molecular weight is 432 g/mol. The summed E-state index contributed by atoms with van der Waals surface area (Å²) in [7, 11) is 0. The maximum absolute atomic E-state index is 14.1. The second-order valence-electron chi connectivity index (χ2n) is 6.85. The molecule has 4 nitrogen and oxygen atoms in total. The molecule has 1 N–H and O–H groups in total. The minimum atomic E-state index is -1.55. The number of aliphatic imine (C=N–C) groups is 1. The van der Waals surface area contributed by atoms with Gasteiger partial charge in [-0.05, 0) is 49.2 Å². The number of benzene rings is 2. The number of anilines is 1. The Morgan fingerprint density at radius 3 is 2.47 bits per heavy atom. The molecule has 0 saturated carbocycles. The van der Waals surface area contributed by atoms with Crippen molar-refractivity contribution in [3.8, 4) is 0 Å². The molecule has 0 atom stereocenters. The van der Waals surface area contributed by atoms with Gasteiger partial charge in [-0.15, -0.1) is 11.3 Å². The SMILES string of the molecule is C=C1N=C(Nc2cc3sc(C)nc3cc2C)N(Cc2cc(F)c(F)c(F)c2)C=C1F. The second-order valence-corrected chi connectivity index (χ2v) is 8.09. The van der Waals surface area contributed by atoms with E-state index in [1.165, 1.54) is 16.2 Å². The Hall–Kier alpha value is -3.20. The van der Waals surface area contributed by atoms with Gasteiger partial charge in [0, 0.05) is 11.9 Å². The van der Waals surface area contributed by atoms with E-state index in [0.29, 0.717) is 0 Å². The predicted molar refractivity (Wildman–Crippen MR) is 110 cm³/mol. The lowest BCUT2D eigenvalue weighted by atomic mass is 10.1. The fraction of sp³-hybridized carbons (Fsp3) is 0.143. The molecule has 0 aliphatic carbocycles. The minimum Gasteiger partial charge on any atom is -0.325 e. The fourth-order valence-electron chi connectivity index (χ4n) is 3.08. The molecule has 1 aliphatic rings. The Bertz CT molecular complexity index is 1220. The van der Waals surface area contributed by atoms with Gasteiger partial charge in [0.05, 0.1) is 27.5 Å². The van der Waals surface area contributed by atoms with Crippen molar-refractivity contribution in [1.29, 1.82) is 0 Å². The van der Waals surface area contributed by atoms with Gasteiger partial charge in [-0.3, -0.25) is 0 Å². The van der Waals surface area contributed by atoms with Crippen LogP contribution in [-0.2, 0) is 6.54 Å². The first-order valence-corrected chi connectivity index (χ1v) is 9.73. The van der Waals surface area contributed by atoms with Crippen molar-refractivity contribution in [2.24, 2.45) is 4.99 Å². The van der Waals surface area contributed by atoms with E-state index in [1.54, 1.807) is 0 Å². The van der Waals surface area contributed by atoms with Crippen LogP contribution in [0.15, 0.2) is 53.6 Å². The van der Waals surface area contributed by atoms with E-state index in [9.17, 15) is 17.6 Å². The van der Waals surface area contributed by atoms with Gasteiger partial charge in [-0.25, -0.2) is 27.5 Å². The van der Waals surface area contributed by atoms with Crippen LogP contribution < -0.4 is 5.32 Å². The number of thiazole rings is 1. The van der Waals surface area contributed by atoms with Crippen LogP contribution in [0.5, 0.6) is 0 Å². The molecule has 4 rings (SSSR count). The number of hydrogen-bond donors (Lipinski definition) is 1. The van der Waals surface area contributed by atoms with Crippen LogP contribution in [0, 0.1) is 31.3 Å². The number of rotatable bonds is 3. The summed E-state index contributed by atoms with van der Waals surface area (Å²) in [6.45, 7) is 7.24. The molecule has 1 aromatic heterocycles. The van der Waals surface area contributed by atoms with Crippen LogP contribution in [0.2, 0.25) is 0 Å². The molecular formula is C21H16F4N4S. The zero-order valence-electron chi connectivity index (χ0n) is 16.1. The summed E-state index contributed by atoms with van der Waals surface area (Å²) in [6, 6.07) is 5.56. The third-order valence-corrected chi connectivity index (χ3v) is 5.48. The summed E-state index contributed by atoms with van der Waals surface area (Å²) in [4.78, 5) is 9.94. The molecule has 9 heteroatoms.